The van der Waals surface area contributed by atoms with E-state index in [0.717, 1.165) is 22.5 Å². The fourth-order valence-corrected chi connectivity index (χ4v) is 4.24. The molecule has 0 radical (unpaired) electrons. The second-order valence-corrected chi connectivity index (χ2v) is 8.92. The first-order chi connectivity index (χ1) is 13.8. The maximum absolute atomic E-state index is 13.0. The van der Waals surface area contributed by atoms with Gasteiger partial charge in [-0.25, -0.2) is 4.99 Å². The normalized spacial score (nSPS) is 18.0. The summed E-state index contributed by atoms with van der Waals surface area (Å²) in [4.78, 5) is 32.0. The largest absolute Gasteiger partial charge is 0.326 e. The van der Waals surface area contributed by atoms with Crippen molar-refractivity contribution in [3.8, 4) is 0 Å². The zero-order chi connectivity index (χ0) is 21.0. The van der Waals surface area contributed by atoms with Crippen LogP contribution in [0.25, 0.3) is 0 Å². The Balaban J connectivity index is 1.76. The van der Waals surface area contributed by atoms with Crippen LogP contribution in [0.1, 0.15) is 31.4 Å². The maximum Gasteiger partial charge on any atom is 0.242 e. The number of carbonyl (C=O) groups excluding carboxylic acids is 2. The third-order valence-corrected chi connectivity index (χ3v) is 5.79. The number of hydrogen-bond donors (Lipinski definition) is 1. The lowest BCUT2D eigenvalue weighted by Crippen LogP contribution is -2.36. The van der Waals surface area contributed by atoms with E-state index < -0.39 is 5.25 Å². The quantitative estimate of drug-likeness (QED) is 0.737. The molecule has 0 spiro atoms. The minimum Gasteiger partial charge on any atom is -0.326 e. The molecule has 2 aromatic carbocycles. The average Bonchev–Trinajstić information content (AvgIpc) is 2.94. The van der Waals surface area contributed by atoms with E-state index in [0.29, 0.717) is 17.6 Å². The van der Waals surface area contributed by atoms with E-state index in [1.54, 1.807) is 4.90 Å². The number of aliphatic imine (C=N–C) groups is 1. The van der Waals surface area contributed by atoms with Gasteiger partial charge >= 0.3 is 0 Å². The first-order valence-electron chi connectivity index (χ1n) is 9.82. The van der Waals surface area contributed by atoms with Crippen molar-refractivity contribution in [3.63, 3.8) is 0 Å². The lowest BCUT2D eigenvalue weighted by molar-refractivity contribution is -0.128. The number of nitrogens with zero attached hydrogens (tertiary/aromatic N) is 2. The molecule has 0 unspecified atom stereocenters. The first kappa shape index (κ1) is 21.1. The Morgan fingerprint density at radius 2 is 1.83 bits per heavy atom. The molecule has 0 aromatic heterocycles. The summed E-state index contributed by atoms with van der Waals surface area (Å²) in [7, 11) is 0. The van der Waals surface area contributed by atoms with Crippen LogP contribution in [0.15, 0.2) is 53.5 Å². The first-order valence-corrected chi connectivity index (χ1v) is 10.7. The number of para-hydroxylation sites is 1. The predicted molar refractivity (Wildman–Crippen MR) is 121 cm³/mol. The predicted octanol–water partition coefficient (Wildman–Crippen LogP) is 4.92. The van der Waals surface area contributed by atoms with Crippen molar-refractivity contribution in [1.82, 2.24) is 4.90 Å². The van der Waals surface area contributed by atoms with Gasteiger partial charge in [0.15, 0.2) is 5.17 Å². The monoisotopic (exact) mass is 409 g/mol. The van der Waals surface area contributed by atoms with Gasteiger partial charge in [0.1, 0.15) is 5.25 Å². The number of aryl methyl sites for hydroxylation is 2. The lowest BCUT2D eigenvalue weighted by Gasteiger charge is -2.18. The van der Waals surface area contributed by atoms with E-state index in [1.807, 2.05) is 62.4 Å². The molecule has 0 bridgehead atoms. The van der Waals surface area contributed by atoms with E-state index in [2.05, 4.69) is 19.2 Å². The fraction of sp³-hybridized carbons (Fsp3) is 0.348. The van der Waals surface area contributed by atoms with Gasteiger partial charge in [0, 0.05) is 18.7 Å². The molecule has 1 heterocycles. The van der Waals surface area contributed by atoms with Crippen molar-refractivity contribution >= 4 is 40.1 Å². The standard InChI is InChI=1S/C23H27N3O2S/c1-15(2)14-26-22(28)20(13-21(27)25-19-8-6-5-7-17(19)4)29-23(26)24-18-11-9-16(3)10-12-18/h5-12,15,20H,13-14H2,1-4H3,(H,25,27)/t20-/m0/s1. The van der Waals surface area contributed by atoms with E-state index in [9.17, 15) is 9.59 Å². The van der Waals surface area contributed by atoms with Gasteiger partial charge in [-0.3, -0.25) is 14.5 Å². The molecular weight excluding hydrogens is 382 g/mol. The molecule has 2 amide bonds. The number of nitrogens with one attached hydrogen (secondary N) is 1. The van der Waals surface area contributed by atoms with Crippen LogP contribution < -0.4 is 5.32 Å². The summed E-state index contributed by atoms with van der Waals surface area (Å²) in [5.74, 6) is 0.100. The second kappa shape index (κ2) is 9.27. The highest BCUT2D eigenvalue weighted by Gasteiger charge is 2.39. The van der Waals surface area contributed by atoms with E-state index in [-0.39, 0.29) is 18.2 Å². The Morgan fingerprint density at radius 1 is 1.14 bits per heavy atom. The number of carbonyl (C=O) groups is 2. The highest BCUT2D eigenvalue weighted by Crippen LogP contribution is 2.32. The van der Waals surface area contributed by atoms with Crippen LogP contribution in [0.3, 0.4) is 0 Å². The summed E-state index contributed by atoms with van der Waals surface area (Å²) in [6, 6.07) is 15.5. The molecule has 1 saturated heterocycles. The molecule has 29 heavy (non-hydrogen) atoms. The second-order valence-electron chi connectivity index (χ2n) is 7.75. The Hall–Kier alpha value is -2.60. The zero-order valence-electron chi connectivity index (χ0n) is 17.3. The highest BCUT2D eigenvalue weighted by atomic mass is 32.2. The number of rotatable bonds is 6. The summed E-state index contributed by atoms with van der Waals surface area (Å²) >= 11 is 1.38. The van der Waals surface area contributed by atoms with Gasteiger partial charge in [-0.1, -0.05) is 61.5 Å². The van der Waals surface area contributed by atoms with Gasteiger partial charge < -0.3 is 5.32 Å². The molecule has 1 aliphatic rings. The van der Waals surface area contributed by atoms with Gasteiger partial charge in [-0.2, -0.15) is 0 Å². The van der Waals surface area contributed by atoms with Crippen molar-refractivity contribution < 1.29 is 9.59 Å². The topological polar surface area (TPSA) is 61.8 Å². The van der Waals surface area contributed by atoms with Gasteiger partial charge in [-0.15, -0.1) is 0 Å². The van der Waals surface area contributed by atoms with Crippen LogP contribution in [0.4, 0.5) is 11.4 Å². The third kappa shape index (κ3) is 5.48. The Kier molecular flexibility index (Phi) is 6.75. The van der Waals surface area contributed by atoms with Gasteiger partial charge in [0.2, 0.25) is 11.8 Å². The molecule has 3 rings (SSSR count). The summed E-state index contributed by atoms with van der Waals surface area (Å²) in [5.41, 5.74) is 3.74. The van der Waals surface area contributed by atoms with Crippen molar-refractivity contribution in [2.24, 2.45) is 10.9 Å². The van der Waals surface area contributed by atoms with Gasteiger partial charge in [0.25, 0.3) is 0 Å². The number of benzene rings is 2. The van der Waals surface area contributed by atoms with Crippen LogP contribution in [0.2, 0.25) is 0 Å². The summed E-state index contributed by atoms with van der Waals surface area (Å²) in [6.45, 7) is 8.70. The molecule has 5 nitrogen and oxygen atoms in total. The van der Waals surface area contributed by atoms with E-state index in [4.69, 9.17) is 4.99 Å². The van der Waals surface area contributed by atoms with Crippen molar-refractivity contribution in [1.29, 1.82) is 0 Å². The van der Waals surface area contributed by atoms with Crippen molar-refractivity contribution in [2.45, 2.75) is 39.4 Å². The minimum atomic E-state index is -0.457. The average molecular weight is 410 g/mol. The smallest absolute Gasteiger partial charge is 0.242 e. The Bertz CT molecular complexity index is 922. The molecule has 1 aliphatic heterocycles. The van der Waals surface area contributed by atoms with Crippen LogP contribution in [-0.2, 0) is 9.59 Å². The number of anilines is 1. The Morgan fingerprint density at radius 3 is 2.48 bits per heavy atom. The zero-order valence-corrected chi connectivity index (χ0v) is 18.1. The van der Waals surface area contributed by atoms with Crippen LogP contribution in [-0.4, -0.2) is 33.7 Å². The Labute approximate surface area is 176 Å². The van der Waals surface area contributed by atoms with Crippen LogP contribution in [0, 0.1) is 19.8 Å². The molecule has 1 fully saturated rings. The number of amides is 2. The maximum atomic E-state index is 13.0. The number of amidine groups is 1. The fourth-order valence-electron chi connectivity index (χ4n) is 3.07. The molecule has 1 atom stereocenters. The molecule has 2 aromatic rings. The van der Waals surface area contributed by atoms with Gasteiger partial charge in [0.05, 0.1) is 5.69 Å². The number of hydrogen-bond acceptors (Lipinski definition) is 4. The number of thioether (sulfide) groups is 1. The molecule has 152 valence electrons. The third-order valence-electron chi connectivity index (χ3n) is 4.62. The van der Waals surface area contributed by atoms with Crippen LogP contribution in [0.5, 0.6) is 0 Å². The van der Waals surface area contributed by atoms with Crippen molar-refractivity contribution in [2.75, 3.05) is 11.9 Å². The summed E-state index contributed by atoms with van der Waals surface area (Å²) in [6.07, 6.45) is 0.124. The molecule has 1 N–H and O–H groups in total. The SMILES string of the molecule is Cc1ccc(N=C2S[C@@H](CC(=O)Nc3ccccc3C)C(=O)N2CC(C)C)cc1. The molecule has 0 saturated carbocycles. The lowest BCUT2D eigenvalue weighted by atomic mass is 10.1. The molecule has 6 heteroatoms. The van der Waals surface area contributed by atoms with Crippen LogP contribution >= 0.6 is 11.8 Å². The van der Waals surface area contributed by atoms with Crippen molar-refractivity contribution in [3.05, 3.63) is 59.7 Å². The summed E-state index contributed by atoms with van der Waals surface area (Å²) in [5, 5.41) is 3.13. The summed E-state index contributed by atoms with van der Waals surface area (Å²) < 4.78 is 0. The molecular formula is C23H27N3O2S. The minimum absolute atomic E-state index is 0.0468. The van der Waals surface area contributed by atoms with Gasteiger partial charge in [-0.05, 0) is 43.5 Å². The van der Waals surface area contributed by atoms with E-state index in [1.165, 1.54) is 11.8 Å². The van der Waals surface area contributed by atoms with E-state index >= 15 is 0 Å². The highest BCUT2D eigenvalue weighted by molar-refractivity contribution is 8.15. The molecule has 0 aliphatic carbocycles.